The lowest BCUT2D eigenvalue weighted by Gasteiger charge is -2.14. The summed E-state index contributed by atoms with van der Waals surface area (Å²) < 4.78 is 6.46. The lowest BCUT2D eigenvalue weighted by Crippen LogP contribution is -2.30. The van der Waals surface area contributed by atoms with Crippen LogP contribution in [0.3, 0.4) is 0 Å². The van der Waals surface area contributed by atoms with Crippen molar-refractivity contribution >= 4 is 46.6 Å². The molecule has 1 amide bonds. The Hall–Kier alpha value is -3.00. The third kappa shape index (κ3) is 4.85. The molecule has 1 unspecified atom stereocenters. The normalized spacial score (nSPS) is 16.2. The van der Waals surface area contributed by atoms with Crippen LogP contribution in [0.1, 0.15) is 22.9 Å². The van der Waals surface area contributed by atoms with Gasteiger partial charge in [0.25, 0.3) is 5.91 Å². The van der Waals surface area contributed by atoms with Gasteiger partial charge in [0, 0.05) is 18.2 Å². The number of aldehydes is 1. The van der Waals surface area contributed by atoms with Gasteiger partial charge in [0.2, 0.25) is 0 Å². The number of hydrogen-bond acceptors (Lipinski definition) is 6. The third-order valence-electron chi connectivity index (χ3n) is 4.97. The maximum atomic E-state index is 12.8. The van der Waals surface area contributed by atoms with Crippen molar-refractivity contribution in [3.63, 3.8) is 0 Å². The average Bonchev–Trinajstić information content (AvgIpc) is 3.37. The first-order chi connectivity index (χ1) is 15.0. The minimum atomic E-state index is -0.634. The average molecular weight is 449 g/mol. The first-order valence-electron chi connectivity index (χ1n) is 9.75. The molecule has 0 spiro atoms. The monoisotopic (exact) mass is 448 g/mol. The van der Waals surface area contributed by atoms with Crippen LogP contribution in [0.4, 0.5) is 0 Å². The van der Waals surface area contributed by atoms with Gasteiger partial charge in [0.05, 0.1) is 10.9 Å². The van der Waals surface area contributed by atoms with E-state index < -0.39 is 6.04 Å². The SMILES string of the molecule is NC(C=O)c1ccc(-c2ccc(/C=C3\SC(=S)N(CCc4ccccc4)C3=O)o2)cc1. The predicted molar refractivity (Wildman–Crippen MR) is 127 cm³/mol. The summed E-state index contributed by atoms with van der Waals surface area (Å²) in [5.74, 6) is 1.14. The van der Waals surface area contributed by atoms with Crippen LogP contribution in [0.5, 0.6) is 0 Å². The Morgan fingerprint density at radius 2 is 1.81 bits per heavy atom. The molecule has 1 aliphatic heterocycles. The van der Waals surface area contributed by atoms with Crippen LogP contribution in [0, 0.1) is 0 Å². The van der Waals surface area contributed by atoms with Gasteiger partial charge < -0.3 is 14.9 Å². The van der Waals surface area contributed by atoms with E-state index in [2.05, 4.69) is 0 Å². The highest BCUT2D eigenvalue weighted by atomic mass is 32.2. The van der Waals surface area contributed by atoms with E-state index in [-0.39, 0.29) is 5.91 Å². The van der Waals surface area contributed by atoms with E-state index >= 15 is 0 Å². The molecule has 4 rings (SSSR count). The van der Waals surface area contributed by atoms with Gasteiger partial charge in [-0.2, -0.15) is 0 Å². The van der Waals surface area contributed by atoms with E-state index in [1.165, 1.54) is 11.8 Å². The van der Waals surface area contributed by atoms with Gasteiger partial charge in [0.1, 0.15) is 22.1 Å². The van der Waals surface area contributed by atoms with E-state index in [1.807, 2.05) is 54.6 Å². The highest BCUT2D eigenvalue weighted by molar-refractivity contribution is 8.26. The summed E-state index contributed by atoms with van der Waals surface area (Å²) in [6.45, 7) is 0.546. The van der Waals surface area contributed by atoms with Crippen LogP contribution in [-0.4, -0.2) is 28.0 Å². The van der Waals surface area contributed by atoms with E-state index in [9.17, 15) is 9.59 Å². The number of carbonyl (C=O) groups is 2. The van der Waals surface area contributed by atoms with E-state index in [1.54, 1.807) is 23.1 Å². The molecule has 31 heavy (non-hydrogen) atoms. The molecule has 5 nitrogen and oxygen atoms in total. The summed E-state index contributed by atoms with van der Waals surface area (Å²) in [6.07, 6.45) is 3.17. The maximum Gasteiger partial charge on any atom is 0.266 e. The van der Waals surface area contributed by atoms with Crippen molar-refractivity contribution in [3.8, 4) is 11.3 Å². The Balaban J connectivity index is 1.45. The Labute approximate surface area is 189 Å². The maximum absolute atomic E-state index is 12.8. The topological polar surface area (TPSA) is 76.5 Å². The van der Waals surface area contributed by atoms with Crippen LogP contribution < -0.4 is 5.73 Å². The number of rotatable bonds is 7. The Bertz CT molecular complexity index is 1140. The summed E-state index contributed by atoms with van der Waals surface area (Å²) in [7, 11) is 0. The van der Waals surface area contributed by atoms with Gasteiger partial charge in [-0.1, -0.05) is 78.6 Å². The standard InChI is InChI=1S/C24H20N2O3S2/c25-20(15-27)17-6-8-18(9-7-17)21-11-10-19(29-21)14-22-23(28)26(24(30)31-22)13-12-16-4-2-1-3-5-16/h1-11,14-15,20H,12-13,25H2/b22-14-. The zero-order chi connectivity index (χ0) is 21.8. The van der Waals surface area contributed by atoms with Crippen molar-refractivity contribution in [2.24, 2.45) is 5.73 Å². The molecule has 1 fully saturated rings. The van der Waals surface area contributed by atoms with Crippen molar-refractivity contribution < 1.29 is 14.0 Å². The summed E-state index contributed by atoms with van der Waals surface area (Å²) in [4.78, 5) is 25.8. The molecule has 1 saturated heterocycles. The fraction of sp³-hybridized carbons (Fsp3) is 0.125. The first-order valence-corrected chi connectivity index (χ1v) is 11.0. The van der Waals surface area contributed by atoms with Gasteiger partial charge in [-0.15, -0.1) is 0 Å². The zero-order valence-electron chi connectivity index (χ0n) is 16.6. The quantitative estimate of drug-likeness (QED) is 0.324. The fourth-order valence-electron chi connectivity index (χ4n) is 3.24. The molecule has 3 aromatic rings. The van der Waals surface area contributed by atoms with E-state index in [0.29, 0.717) is 33.6 Å². The molecule has 1 aromatic heterocycles. The number of nitrogens with two attached hydrogens (primary N) is 1. The lowest BCUT2D eigenvalue weighted by atomic mass is 10.1. The smallest absolute Gasteiger partial charge is 0.266 e. The molecule has 0 aliphatic carbocycles. The summed E-state index contributed by atoms with van der Waals surface area (Å²) in [6, 6.07) is 20.3. The number of carbonyl (C=O) groups excluding carboxylic acids is 2. The van der Waals surface area contributed by atoms with Crippen molar-refractivity contribution in [1.82, 2.24) is 4.90 Å². The molecule has 1 aliphatic rings. The Kier molecular flexibility index (Phi) is 6.46. The van der Waals surface area contributed by atoms with Crippen LogP contribution in [0.2, 0.25) is 0 Å². The molecule has 0 saturated carbocycles. The number of thiocarbonyl (C=S) groups is 1. The second-order valence-corrected chi connectivity index (χ2v) is 8.73. The Morgan fingerprint density at radius 3 is 2.52 bits per heavy atom. The van der Waals surface area contributed by atoms with Gasteiger partial charge in [-0.3, -0.25) is 9.69 Å². The van der Waals surface area contributed by atoms with Crippen molar-refractivity contribution in [2.75, 3.05) is 6.54 Å². The van der Waals surface area contributed by atoms with E-state index in [0.717, 1.165) is 23.1 Å². The van der Waals surface area contributed by atoms with Gasteiger partial charge >= 0.3 is 0 Å². The molecule has 156 valence electrons. The fourth-order valence-corrected chi connectivity index (χ4v) is 4.53. The second-order valence-electron chi connectivity index (χ2n) is 7.05. The Morgan fingerprint density at radius 1 is 1.06 bits per heavy atom. The highest BCUT2D eigenvalue weighted by Crippen LogP contribution is 2.33. The summed E-state index contributed by atoms with van der Waals surface area (Å²) >= 11 is 6.70. The molecule has 0 radical (unpaired) electrons. The number of furan rings is 1. The van der Waals surface area contributed by atoms with Gasteiger partial charge in [0.15, 0.2) is 0 Å². The van der Waals surface area contributed by atoms with E-state index in [4.69, 9.17) is 22.4 Å². The minimum Gasteiger partial charge on any atom is -0.457 e. The lowest BCUT2D eigenvalue weighted by molar-refractivity contribution is -0.122. The third-order valence-corrected chi connectivity index (χ3v) is 6.35. The van der Waals surface area contributed by atoms with Crippen LogP contribution in [-0.2, 0) is 16.0 Å². The molecule has 2 heterocycles. The minimum absolute atomic E-state index is 0.101. The van der Waals surface area contributed by atoms with Crippen LogP contribution in [0.25, 0.3) is 17.4 Å². The zero-order valence-corrected chi connectivity index (χ0v) is 18.2. The molecule has 1 atom stereocenters. The van der Waals surface area contributed by atoms with Gasteiger partial charge in [-0.25, -0.2) is 0 Å². The summed E-state index contributed by atoms with van der Waals surface area (Å²) in [5, 5.41) is 0. The van der Waals surface area contributed by atoms with Crippen LogP contribution in [0.15, 0.2) is 76.1 Å². The number of amides is 1. The van der Waals surface area contributed by atoms with Gasteiger partial charge in [-0.05, 0) is 29.7 Å². The number of thioether (sulfide) groups is 1. The molecule has 7 heteroatoms. The summed E-state index contributed by atoms with van der Waals surface area (Å²) in [5.41, 5.74) is 8.48. The molecular weight excluding hydrogens is 428 g/mol. The largest absolute Gasteiger partial charge is 0.457 e. The number of benzene rings is 2. The first kappa shape index (κ1) is 21.2. The van der Waals surface area contributed by atoms with Crippen molar-refractivity contribution in [3.05, 3.63) is 88.5 Å². The van der Waals surface area contributed by atoms with Crippen molar-refractivity contribution in [1.29, 1.82) is 0 Å². The second kappa shape index (κ2) is 9.43. The predicted octanol–water partition coefficient (Wildman–Crippen LogP) is 4.59. The molecular formula is C24H20N2O3S2. The van der Waals surface area contributed by atoms with Crippen molar-refractivity contribution in [2.45, 2.75) is 12.5 Å². The number of hydrogen-bond donors (Lipinski definition) is 1. The number of nitrogens with zero attached hydrogens (tertiary/aromatic N) is 1. The molecule has 0 bridgehead atoms. The molecule has 2 N–H and O–H groups in total. The van der Waals surface area contributed by atoms with Crippen LogP contribution >= 0.6 is 24.0 Å². The molecule has 2 aromatic carbocycles. The highest BCUT2D eigenvalue weighted by Gasteiger charge is 2.31.